The molecule has 7 nitrogen and oxygen atoms in total. The first-order valence-corrected chi connectivity index (χ1v) is 7.50. The number of hydrogen-bond donors (Lipinski definition) is 1. The van der Waals surface area contributed by atoms with Crippen LogP contribution in [0.2, 0.25) is 10.0 Å². The van der Waals surface area contributed by atoms with E-state index in [0.29, 0.717) is 15.7 Å². The molecule has 0 atom stereocenters. The molecule has 0 saturated carbocycles. The van der Waals surface area contributed by atoms with E-state index in [1.165, 1.54) is 5.06 Å². The van der Waals surface area contributed by atoms with Crippen LogP contribution in [0.5, 0.6) is 0 Å². The van der Waals surface area contributed by atoms with Crippen molar-refractivity contribution in [2.45, 2.75) is 5.91 Å². The maximum Gasteiger partial charge on any atom is 0.504 e. The number of halogens is 2. The predicted molar refractivity (Wildman–Crippen MR) is 67.8 cm³/mol. The van der Waals surface area contributed by atoms with Crippen LogP contribution < -0.4 is 5.32 Å². The Morgan fingerprint density at radius 3 is 2.74 bits per heavy atom. The molecule has 3 saturated heterocycles. The molecular formula is C9H6Cl2N3O4P. The Morgan fingerprint density at radius 2 is 2.05 bits per heavy atom. The highest BCUT2D eigenvalue weighted by Crippen LogP contribution is 2.74. The molecule has 10 heteroatoms. The highest BCUT2D eigenvalue weighted by atomic mass is 35.5. The second-order valence-corrected chi connectivity index (χ2v) is 6.32. The van der Waals surface area contributed by atoms with Gasteiger partial charge in [0.1, 0.15) is 6.54 Å². The number of phosphoric acid groups is 1. The highest BCUT2D eigenvalue weighted by molar-refractivity contribution is 7.50. The van der Waals surface area contributed by atoms with Crippen molar-refractivity contribution >= 4 is 42.7 Å². The van der Waals surface area contributed by atoms with Gasteiger partial charge in [-0.3, -0.25) is 0 Å². The molecule has 19 heavy (non-hydrogen) atoms. The molecule has 100 valence electrons. The zero-order valence-corrected chi connectivity index (χ0v) is 11.6. The minimum absolute atomic E-state index is 0.154. The van der Waals surface area contributed by atoms with Crippen molar-refractivity contribution in [1.29, 1.82) is 0 Å². The third-order valence-corrected chi connectivity index (χ3v) is 4.83. The summed E-state index contributed by atoms with van der Waals surface area (Å²) in [5, 5.41) is 4.98. The number of phosphoric ester groups is 1. The second kappa shape index (κ2) is 3.63. The van der Waals surface area contributed by atoms with Crippen molar-refractivity contribution in [2.24, 2.45) is 4.99 Å². The summed E-state index contributed by atoms with van der Waals surface area (Å²) < 4.78 is 26.8. The van der Waals surface area contributed by atoms with E-state index in [1.807, 2.05) is 0 Å². The highest BCUT2D eigenvalue weighted by Gasteiger charge is 2.74. The van der Waals surface area contributed by atoms with Crippen LogP contribution in [0, 0.1) is 0 Å². The number of rotatable bonds is 1. The number of anilines is 1. The van der Waals surface area contributed by atoms with Crippen LogP contribution in [0.25, 0.3) is 0 Å². The van der Waals surface area contributed by atoms with E-state index >= 15 is 0 Å². The van der Waals surface area contributed by atoms with Crippen molar-refractivity contribution in [3.63, 3.8) is 0 Å². The molecule has 2 bridgehead atoms. The van der Waals surface area contributed by atoms with Gasteiger partial charge in [-0.1, -0.05) is 29.3 Å². The zero-order chi connectivity index (χ0) is 13.3. The molecule has 0 unspecified atom stereocenters. The number of hydroxylamine groups is 2. The minimum Gasteiger partial charge on any atom is -0.322 e. The summed E-state index contributed by atoms with van der Waals surface area (Å²) in [5.41, 5.74) is 0.479. The van der Waals surface area contributed by atoms with Crippen molar-refractivity contribution < 1.29 is 18.2 Å². The van der Waals surface area contributed by atoms with E-state index in [2.05, 4.69) is 10.3 Å². The van der Waals surface area contributed by atoms with Gasteiger partial charge >= 0.3 is 13.7 Å². The predicted octanol–water partition coefficient (Wildman–Crippen LogP) is 2.83. The molecule has 0 radical (unpaired) electrons. The van der Waals surface area contributed by atoms with Gasteiger partial charge in [0.2, 0.25) is 5.96 Å². The summed E-state index contributed by atoms with van der Waals surface area (Å²) in [6.45, 7) is 0.154. The Morgan fingerprint density at radius 1 is 1.37 bits per heavy atom. The fraction of sp³-hybridized carbons (Fsp3) is 0.222. The number of aliphatic imine (C=N–C) groups is 1. The Bertz CT molecular complexity index is 637. The van der Waals surface area contributed by atoms with Gasteiger partial charge in [-0.05, 0) is 12.1 Å². The Hall–Kier alpha value is -0.820. The van der Waals surface area contributed by atoms with E-state index in [4.69, 9.17) is 36.9 Å². The van der Waals surface area contributed by atoms with Gasteiger partial charge in [0.25, 0.3) is 0 Å². The third-order valence-electron chi connectivity index (χ3n) is 2.82. The fourth-order valence-corrected chi connectivity index (χ4v) is 3.94. The van der Waals surface area contributed by atoms with Gasteiger partial charge in [-0.25, -0.2) is 18.6 Å². The Kier molecular flexibility index (Phi) is 2.29. The molecule has 4 heterocycles. The molecule has 4 aliphatic heterocycles. The van der Waals surface area contributed by atoms with Gasteiger partial charge in [0.15, 0.2) is 0 Å². The van der Waals surface area contributed by atoms with Crippen LogP contribution in [0.3, 0.4) is 0 Å². The standard InChI is InChI=1S/C9H6Cl2N3O4P/c10-5-2-1-3-6(11)7(5)13-8-12-4-9-14(8)18-19(15,16-9)17-9/h1-3H,4H2,(H,12,13). The van der Waals surface area contributed by atoms with E-state index in [0.717, 1.165) is 0 Å². The molecule has 0 aliphatic carbocycles. The van der Waals surface area contributed by atoms with Crippen molar-refractivity contribution in [1.82, 2.24) is 5.06 Å². The average Bonchev–Trinajstić information content (AvgIpc) is 2.86. The molecule has 1 aromatic carbocycles. The SMILES string of the molecule is O=P12ON3C(Nc4c(Cl)cccc4Cl)=NCC3(O1)O2. The topological polar surface area (TPSA) is 72.4 Å². The summed E-state index contributed by atoms with van der Waals surface area (Å²) in [5.74, 6) is -0.920. The summed E-state index contributed by atoms with van der Waals surface area (Å²) in [6, 6.07) is 5.09. The average molecular weight is 322 g/mol. The summed E-state index contributed by atoms with van der Waals surface area (Å²) >= 11 is 12.1. The molecule has 0 amide bonds. The van der Waals surface area contributed by atoms with Crippen molar-refractivity contribution in [3.05, 3.63) is 28.2 Å². The number of nitrogens with zero attached hydrogens (tertiary/aromatic N) is 2. The van der Waals surface area contributed by atoms with E-state index in [1.54, 1.807) is 18.2 Å². The molecule has 1 spiro atoms. The first-order valence-electron chi connectivity index (χ1n) is 5.28. The number of guanidine groups is 1. The minimum atomic E-state index is -3.41. The smallest absolute Gasteiger partial charge is 0.322 e. The van der Waals surface area contributed by atoms with Crippen LogP contribution in [-0.2, 0) is 18.2 Å². The van der Waals surface area contributed by atoms with Gasteiger partial charge in [-0.2, -0.15) is 4.62 Å². The first kappa shape index (κ1) is 12.0. The molecule has 1 aromatic rings. The number of nitrogens with one attached hydrogen (secondary N) is 1. The Balaban J connectivity index is 1.64. The number of hydrogen-bond acceptors (Lipinski definition) is 7. The lowest BCUT2D eigenvalue weighted by molar-refractivity contribution is -0.230. The lowest BCUT2D eigenvalue weighted by Gasteiger charge is -2.30. The fourth-order valence-electron chi connectivity index (χ4n) is 2.01. The molecule has 4 aliphatic rings. The molecule has 5 rings (SSSR count). The molecule has 1 N–H and O–H groups in total. The maximum atomic E-state index is 11.6. The van der Waals surface area contributed by atoms with E-state index < -0.39 is 13.7 Å². The summed E-state index contributed by atoms with van der Waals surface area (Å²) in [7, 11) is -3.41. The van der Waals surface area contributed by atoms with Gasteiger partial charge in [0, 0.05) is 0 Å². The van der Waals surface area contributed by atoms with Crippen LogP contribution in [-0.4, -0.2) is 23.5 Å². The normalized spacial score (nSPS) is 34.8. The van der Waals surface area contributed by atoms with Gasteiger partial charge in [-0.15, -0.1) is 5.06 Å². The Labute approximate surface area is 117 Å². The van der Waals surface area contributed by atoms with Crippen LogP contribution in [0.1, 0.15) is 0 Å². The lowest BCUT2D eigenvalue weighted by atomic mass is 10.3. The monoisotopic (exact) mass is 321 g/mol. The lowest BCUT2D eigenvalue weighted by Crippen LogP contribution is -2.49. The summed E-state index contributed by atoms with van der Waals surface area (Å²) in [4.78, 5) is 4.16. The van der Waals surface area contributed by atoms with E-state index in [-0.39, 0.29) is 12.5 Å². The number of para-hydroxylation sites is 1. The number of benzene rings is 1. The quantitative estimate of drug-likeness (QED) is 0.802. The molecule has 0 aromatic heterocycles. The van der Waals surface area contributed by atoms with Crippen LogP contribution in [0.15, 0.2) is 23.2 Å². The second-order valence-electron chi connectivity index (χ2n) is 4.08. The first-order chi connectivity index (χ1) is 9.01. The van der Waals surface area contributed by atoms with Crippen LogP contribution in [0.4, 0.5) is 5.69 Å². The largest absolute Gasteiger partial charge is 0.504 e. The zero-order valence-electron chi connectivity index (χ0n) is 9.17. The van der Waals surface area contributed by atoms with Crippen LogP contribution >= 0.6 is 31.0 Å². The van der Waals surface area contributed by atoms with Crippen molar-refractivity contribution in [2.75, 3.05) is 11.9 Å². The van der Waals surface area contributed by atoms with E-state index in [9.17, 15) is 4.57 Å². The van der Waals surface area contributed by atoms with Gasteiger partial charge < -0.3 is 5.32 Å². The van der Waals surface area contributed by atoms with Crippen molar-refractivity contribution in [3.8, 4) is 0 Å². The molecule has 3 fully saturated rings. The van der Waals surface area contributed by atoms with Gasteiger partial charge in [0.05, 0.1) is 15.7 Å². The third kappa shape index (κ3) is 1.57. The molecular weight excluding hydrogens is 316 g/mol. The maximum absolute atomic E-state index is 11.6. The summed E-state index contributed by atoms with van der Waals surface area (Å²) in [6.07, 6.45) is 0.